The summed E-state index contributed by atoms with van der Waals surface area (Å²) in [6.45, 7) is 0.787. The fourth-order valence-corrected chi connectivity index (χ4v) is 2.34. The topological polar surface area (TPSA) is 29.5 Å². The van der Waals surface area contributed by atoms with E-state index in [9.17, 15) is 4.79 Å². The lowest BCUT2D eigenvalue weighted by molar-refractivity contribution is -0.118. The minimum absolute atomic E-state index is 0.103. The van der Waals surface area contributed by atoms with E-state index in [1.807, 2.05) is 23.1 Å². The van der Waals surface area contributed by atoms with Crippen molar-refractivity contribution in [1.29, 1.82) is 0 Å². The minimum atomic E-state index is 0.103. The predicted molar refractivity (Wildman–Crippen MR) is 69.0 cm³/mol. The van der Waals surface area contributed by atoms with E-state index >= 15 is 0 Å². The van der Waals surface area contributed by atoms with E-state index < -0.39 is 0 Å². The number of alkyl halides is 1. The van der Waals surface area contributed by atoms with Crippen LogP contribution in [-0.4, -0.2) is 25.4 Å². The van der Waals surface area contributed by atoms with Gasteiger partial charge in [0.1, 0.15) is 5.75 Å². The van der Waals surface area contributed by atoms with Gasteiger partial charge in [0.05, 0.1) is 7.11 Å². The minimum Gasteiger partial charge on any atom is -0.497 e. The van der Waals surface area contributed by atoms with Crippen LogP contribution in [0.5, 0.6) is 5.75 Å². The van der Waals surface area contributed by atoms with Gasteiger partial charge in [-0.3, -0.25) is 4.79 Å². The molecule has 1 aliphatic heterocycles. The highest BCUT2D eigenvalue weighted by molar-refractivity contribution is 6.19. The summed E-state index contributed by atoms with van der Waals surface area (Å²) in [7, 11) is 1.65. The van der Waals surface area contributed by atoms with Gasteiger partial charge in [-0.1, -0.05) is 0 Å². The summed E-state index contributed by atoms with van der Waals surface area (Å²) in [5, 5.41) is 0. The molecule has 0 saturated carbocycles. The number of amides is 1. The van der Waals surface area contributed by atoms with Crippen LogP contribution < -0.4 is 9.64 Å². The summed E-state index contributed by atoms with van der Waals surface area (Å²) in [4.78, 5) is 13.8. The largest absolute Gasteiger partial charge is 0.497 e. The van der Waals surface area contributed by atoms with E-state index in [-0.39, 0.29) is 5.91 Å². The maximum atomic E-state index is 11.9. The molecule has 17 heavy (non-hydrogen) atoms. The Bertz CT molecular complexity index is 420. The molecule has 0 aliphatic carbocycles. The lowest BCUT2D eigenvalue weighted by Crippen LogP contribution is -2.35. The van der Waals surface area contributed by atoms with E-state index in [2.05, 4.69) is 0 Å². The normalized spacial score (nSPS) is 14.4. The fourth-order valence-electron chi connectivity index (χ4n) is 2.18. The van der Waals surface area contributed by atoms with Crippen molar-refractivity contribution in [3.8, 4) is 5.75 Å². The summed E-state index contributed by atoms with van der Waals surface area (Å²) in [5.41, 5.74) is 2.19. The number of carbonyl (C=O) groups excluding carboxylic acids is 1. The summed E-state index contributed by atoms with van der Waals surface area (Å²) >= 11 is 5.62. The number of fused-ring (bicyclic) bond motifs is 1. The average Bonchev–Trinajstić information content (AvgIpc) is 2.37. The zero-order chi connectivity index (χ0) is 12.3. The summed E-state index contributed by atoms with van der Waals surface area (Å²) in [6.07, 6.45) is 2.39. The van der Waals surface area contributed by atoms with Gasteiger partial charge < -0.3 is 9.64 Å². The number of aryl methyl sites for hydroxylation is 1. The van der Waals surface area contributed by atoms with Crippen LogP contribution >= 0.6 is 11.6 Å². The third kappa shape index (κ3) is 2.55. The number of hydrogen-bond acceptors (Lipinski definition) is 2. The second-order valence-corrected chi connectivity index (χ2v) is 4.46. The molecular weight excluding hydrogens is 238 g/mol. The molecule has 0 bridgehead atoms. The number of hydrogen-bond donors (Lipinski definition) is 0. The van der Waals surface area contributed by atoms with Gasteiger partial charge >= 0.3 is 0 Å². The monoisotopic (exact) mass is 253 g/mol. The lowest BCUT2D eigenvalue weighted by Gasteiger charge is -2.29. The molecule has 1 heterocycles. The molecule has 0 unspecified atom stereocenters. The van der Waals surface area contributed by atoms with Gasteiger partial charge in [0.15, 0.2) is 0 Å². The van der Waals surface area contributed by atoms with Crippen molar-refractivity contribution >= 4 is 23.2 Å². The number of carbonyl (C=O) groups is 1. The molecule has 1 aliphatic rings. The molecule has 3 nitrogen and oxygen atoms in total. The molecule has 1 amide bonds. The molecule has 2 rings (SSSR count). The van der Waals surface area contributed by atoms with Gasteiger partial charge in [-0.05, 0) is 36.6 Å². The molecule has 0 radical (unpaired) electrons. The molecule has 0 fully saturated rings. The standard InChI is InChI=1S/C13H16ClNO2/c1-17-11-4-5-12-10(9-11)3-2-8-15(12)13(16)6-7-14/h4-5,9H,2-3,6-8H2,1H3. The van der Waals surface area contributed by atoms with Crippen LogP contribution in [0, 0.1) is 0 Å². The molecule has 1 aromatic rings. The van der Waals surface area contributed by atoms with Crippen molar-refractivity contribution in [2.45, 2.75) is 19.3 Å². The van der Waals surface area contributed by atoms with Crippen LogP contribution in [0.25, 0.3) is 0 Å². The van der Waals surface area contributed by atoms with Gasteiger partial charge in [-0.2, -0.15) is 0 Å². The summed E-state index contributed by atoms with van der Waals surface area (Å²) < 4.78 is 5.20. The zero-order valence-electron chi connectivity index (χ0n) is 9.91. The smallest absolute Gasteiger partial charge is 0.228 e. The third-order valence-electron chi connectivity index (χ3n) is 3.01. The van der Waals surface area contributed by atoms with Gasteiger partial charge in [-0.25, -0.2) is 0 Å². The van der Waals surface area contributed by atoms with Crippen molar-refractivity contribution < 1.29 is 9.53 Å². The van der Waals surface area contributed by atoms with Crippen LogP contribution in [-0.2, 0) is 11.2 Å². The van der Waals surface area contributed by atoms with Gasteiger partial charge in [0.25, 0.3) is 0 Å². The maximum absolute atomic E-state index is 11.9. The van der Waals surface area contributed by atoms with Gasteiger partial charge in [0.2, 0.25) is 5.91 Å². The Labute approximate surface area is 106 Å². The Kier molecular flexibility index (Phi) is 3.89. The van der Waals surface area contributed by atoms with Crippen molar-refractivity contribution in [2.24, 2.45) is 0 Å². The quantitative estimate of drug-likeness (QED) is 0.775. The van der Waals surface area contributed by atoms with E-state index in [0.717, 1.165) is 30.8 Å². The number of halogens is 1. The van der Waals surface area contributed by atoms with Gasteiger partial charge in [0, 0.05) is 24.5 Å². The lowest BCUT2D eigenvalue weighted by atomic mass is 10.0. The Morgan fingerprint density at radius 1 is 1.53 bits per heavy atom. The number of benzene rings is 1. The Hall–Kier alpha value is -1.22. The molecule has 0 saturated heterocycles. The number of ether oxygens (including phenoxy) is 1. The first-order valence-corrected chi connectivity index (χ1v) is 6.33. The number of anilines is 1. The highest BCUT2D eigenvalue weighted by Gasteiger charge is 2.22. The highest BCUT2D eigenvalue weighted by Crippen LogP contribution is 2.30. The van der Waals surface area contributed by atoms with Crippen LogP contribution in [0.4, 0.5) is 5.69 Å². The number of methoxy groups -OCH3 is 1. The average molecular weight is 254 g/mol. The van der Waals surface area contributed by atoms with Crippen molar-refractivity contribution in [1.82, 2.24) is 0 Å². The third-order valence-corrected chi connectivity index (χ3v) is 3.20. The van der Waals surface area contributed by atoms with Crippen LogP contribution in [0.1, 0.15) is 18.4 Å². The number of nitrogens with zero attached hydrogens (tertiary/aromatic N) is 1. The molecule has 0 N–H and O–H groups in total. The second kappa shape index (κ2) is 5.41. The van der Waals surface area contributed by atoms with E-state index in [4.69, 9.17) is 16.3 Å². The highest BCUT2D eigenvalue weighted by atomic mass is 35.5. The molecule has 4 heteroatoms. The van der Waals surface area contributed by atoms with Crippen molar-refractivity contribution in [3.63, 3.8) is 0 Å². The molecule has 1 aromatic carbocycles. The first-order valence-electron chi connectivity index (χ1n) is 5.79. The SMILES string of the molecule is COc1ccc2c(c1)CCCN2C(=O)CCCl. The Morgan fingerprint density at radius 2 is 2.35 bits per heavy atom. The van der Waals surface area contributed by atoms with Crippen LogP contribution in [0.2, 0.25) is 0 Å². The Morgan fingerprint density at radius 3 is 3.06 bits per heavy atom. The summed E-state index contributed by atoms with van der Waals surface area (Å²) in [6, 6.07) is 5.86. The first-order chi connectivity index (χ1) is 8.26. The van der Waals surface area contributed by atoms with E-state index in [1.54, 1.807) is 7.11 Å². The molecule has 92 valence electrons. The first kappa shape index (κ1) is 12.2. The Balaban J connectivity index is 2.28. The van der Waals surface area contributed by atoms with Crippen molar-refractivity contribution in [2.75, 3.05) is 24.4 Å². The van der Waals surface area contributed by atoms with Crippen LogP contribution in [0.15, 0.2) is 18.2 Å². The van der Waals surface area contributed by atoms with E-state index in [0.29, 0.717) is 12.3 Å². The number of rotatable bonds is 3. The van der Waals surface area contributed by atoms with Gasteiger partial charge in [-0.15, -0.1) is 11.6 Å². The summed E-state index contributed by atoms with van der Waals surface area (Å²) in [5.74, 6) is 1.32. The fraction of sp³-hybridized carbons (Fsp3) is 0.462. The maximum Gasteiger partial charge on any atom is 0.228 e. The molecule has 0 atom stereocenters. The second-order valence-electron chi connectivity index (χ2n) is 4.08. The predicted octanol–water partition coefficient (Wildman–Crippen LogP) is 2.60. The molecule has 0 aromatic heterocycles. The van der Waals surface area contributed by atoms with E-state index in [1.165, 1.54) is 5.56 Å². The zero-order valence-corrected chi connectivity index (χ0v) is 10.7. The van der Waals surface area contributed by atoms with Crippen molar-refractivity contribution in [3.05, 3.63) is 23.8 Å². The molecular formula is C13H16ClNO2. The van der Waals surface area contributed by atoms with Crippen LogP contribution in [0.3, 0.4) is 0 Å². The molecule has 0 spiro atoms.